The summed E-state index contributed by atoms with van der Waals surface area (Å²) in [4.78, 5) is 11.6. The van der Waals surface area contributed by atoms with Crippen LogP contribution in [-0.4, -0.2) is 12.1 Å². The van der Waals surface area contributed by atoms with Gasteiger partial charge in [-0.3, -0.25) is 4.79 Å². The zero-order valence-electron chi connectivity index (χ0n) is 9.06. The minimum Gasteiger partial charge on any atom is -0.449 e. The standard InChI is InChI=1S/C12H8FIN2O2/c13-9-3-1-2-8(6-9)12(17)16-15-7-10-4-5-11(14)18-10/h1-7H,(H,16,17). The molecule has 0 saturated heterocycles. The van der Waals surface area contributed by atoms with Crippen LogP contribution in [0.25, 0.3) is 0 Å². The summed E-state index contributed by atoms with van der Waals surface area (Å²) in [6.07, 6.45) is 1.37. The van der Waals surface area contributed by atoms with Crippen LogP contribution in [0.5, 0.6) is 0 Å². The van der Waals surface area contributed by atoms with Crippen molar-refractivity contribution in [2.45, 2.75) is 0 Å². The number of hydrazone groups is 1. The number of nitrogens with zero attached hydrogens (tertiary/aromatic N) is 1. The normalized spacial score (nSPS) is 10.8. The Morgan fingerprint density at radius 2 is 2.22 bits per heavy atom. The smallest absolute Gasteiger partial charge is 0.271 e. The van der Waals surface area contributed by atoms with Crippen LogP contribution >= 0.6 is 22.6 Å². The van der Waals surface area contributed by atoms with Crippen molar-refractivity contribution in [2.24, 2.45) is 5.10 Å². The first-order valence-corrected chi connectivity index (χ1v) is 6.07. The molecule has 1 aromatic heterocycles. The summed E-state index contributed by atoms with van der Waals surface area (Å²) < 4.78 is 18.8. The van der Waals surface area contributed by atoms with Crippen molar-refractivity contribution >= 4 is 34.7 Å². The number of rotatable bonds is 3. The second-order valence-corrected chi connectivity index (χ2v) is 4.41. The van der Waals surface area contributed by atoms with Crippen LogP contribution in [-0.2, 0) is 0 Å². The minimum atomic E-state index is -0.480. The molecule has 0 radical (unpaired) electrons. The van der Waals surface area contributed by atoms with Gasteiger partial charge in [-0.15, -0.1) is 0 Å². The van der Waals surface area contributed by atoms with Gasteiger partial charge < -0.3 is 4.42 Å². The molecule has 92 valence electrons. The largest absolute Gasteiger partial charge is 0.449 e. The molecule has 0 aliphatic rings. The molecule has 0 saturated carbocycles. The van der Waals surface area contributed by atoms with E-state index in [0.29, 0.717) is 5.76 Å². The Balaban J connectivity index is 1.98. The summed E-state index contributed by atoms with van der Waals surface area (Å²) in [7, 11) is 0. The Morgan fingerprint density at radius 1 is 1.39 bits per heavy atom. The van der Waals surface area contributed by atoms with Gasteiger partial charge in [0, 0.05) is 5.56 Å². The Morgan fingerprint density at radius 3 is 2.89 bits per heavy atom. The number of hydrogen-bond donors (Lipinski definition) is 1. The molecule has 18 heavy (non-hydrogen) atoms. The molecule has 0 unspecified atom stereocenters. The molecule has 6 heteroatoms. The highest BCUT2D eigenvalue weighted by Gasteiger charge is 2.04. The SMILES string of the molecule is O=C(NN=Cc1ccc(I)o1)c1cccc(F)c1. The van der Waals surface area contributed by atoms with Gasteiger partial charge >= 0.3 is 0 Å². The molecule has 0 aliphatic carbocycles. The second-order valence-electron chi connectivity index (χ2n) is 3.35. The van der Waals surface area contributed by atoms with E-state index in [2.05, 4.69) is 10.5 Å². The van der Waals surface area contributed by atoms with E-state index >= 15 is 0 Å². The van der Waals surface area contributed by atoms with Gasteiger partial charge in [0.2, 0.25) is 0 Å². The lowest BCUT2D eigenvalue weighted by Gasteiger charge is -1.98. The Labute approximate surface area is 116 Å². The van der Waals surface area contributed by atoms with Gasteiger partial charge in [0.25, 0.3) is 5.91 Å². The molecule has 1 amide bonds. The lowest BCUT2D eigenvalue weighted by atomic mass is 10.2. The van der Waals surface area contributed by atoms with Crippen molar-refractivity contribution in [2.75, 3.05) is 0 Å². The molecule has 0 bridgehead atoms. The van der Waals surface area contributed by atoms with E-state index in [4.69, 9.17) is 4.42 Å². The topological polar surface area (TPSA) is 54.6 Å². The van der Waals surface area contributed by atoms with Crippen LogP contribution in [0.2, 0.25) is 0 Å². The fourth-order valence-corrected chi connectivity index (χ4v) is 1.68. The van der Waals surface area contributed by atoms with E-state index in [-0.39, 0.29) is 5.56 Å². The number of benzene rings is 1. The maximum absolute atomic E-state index is 12.9. The van der Waals surface area contributed by atoms with Crippen LogP contribution in [0.3, 0.4) is 0 Å². The molecule has 0 atom stereocenters. The third kappa shape index (κ3) is 3.39. The fourth-order valence-electron chi connectivity index (χ4n) is 1.25. The van der Waals surface area contributed by atoms with E-state index in [1.165, 1.54) is 24.4 Å². The average molecular weight is 358 g/mol. The van der Waals surface area contributed by atoms with Crippen molar-refractivity contribution in [1.82, 2.24) is 5.43 Å². The third-order valence-electron chi connectivity index (χ3n) is 2.04. The second kappa shape index (κ2) is 5.76. The van der Waals surface area contributed by atoms with Gasteiger partial charge in [-0.25, -0.2) is 9.82 Å². The summed E-state index contributed by atoms with van der Waals surface area (Å²) in [5.74, 6) is -0.418. The average Bonchev–Trinajstić information content (AvgIpc) is 2.75. The minimum absolute atomic E-state index is 0.209. The van der Waals surface area contributed by atoms with Crippen LogP contribution in [0.1, 0.15) is 16.1 Å². The first kappa shape index (κ1) is 12.7. The number of carbonyl (C=O) groups excluding carboxylic acids is 1. The zero-order valence-corrected chi connectivity index (χ0v) is 11.2. The van der Waals surface area contributed by atoms with Gasteiger partial charge in [0.15, 0.2) is 3.77 Å². The van der Waals surface area contributed by atoms with Crippen LogP contribution in [0.4, 0.5) is 4.39 Å². The molecule has 0 spiro atoms. The van der Waals surface area contributed by atoms with E-state index in [1.807, 2.05) is 22.6 Å². The number of hydrogen-bond acceptors (Lipinski definition) is 3. The van der Waals surface area contributed by atoms with Crippen molar-refractivity contribution in [1.29, 1.82) is 0 Å². The van der Waals surface area contributed by atoms with Gasteiger partial charge in [0.05, 0.1) is 6.21 Å². The van der Waals surface area contributed by atoms with E-state index in [9.17, 15) is 9.18 Å². The quantitative estimate of drug-likeness (QED) is 0.521. The van der Waals surface area contributed by atoms with E-state index in [1.54, 1.807) is 12.1 Å². The molecule has 1 heterocycles. The predicted molar refractivity (Wildman–Crippen MR) is 72.9 cm³/mol. The number of furan rings is 1. The molecule has 2 aromatic rings. The highest BCUT2D eigenvalue weighted by molar-refractivity contribution is 14.1. The predicted octanol–water partition coefficient (Wildman–Crippen LogP) is 2.79. The first-order chi connectivity index (χ1) is 8.65. The van der Waals surface area contributed by atoms with Crippen LogP contribution in [0, 0.1) is 9.58 Å². The summed E-state index contributed by atoms with van der Waals surface area (Å²) in [5, 5.41) is 3.72. The summed E-state index contributed by atoms with van der Waals surface area (Å²) in [5.41, 5.74) is 2.49. The van der Waals surface area contributed by atoms with Gasteiger partial charge in [-0.2, -0.15) is 5.10 Å². The highest BCUT2D eigenvalue weighted by atomic mass is 127. The lowest BCUT2D eigenvalue weighted by molar-refractivity contribution is 0.0954. The molecular formula is C12H8FIN2O2. The molecule has 2 rings (SSSR count). The van der Waals surface area contributed by atoms with E-state index in [0.717, 1.165) is 9.83 Å². The summed E-state index contributed by atoms with van der Waals surface area (Å²) >= 11 is 2.02. The zero-order chi connectivity index (χ0) is 13.0. The number of nitrogens with one attached hydrogen (secondary N) is 1. The Hall–Kier alpha value is -1.70. The molecule has 4 nitrogen and oxygen atoms in total. The van der Waals surface area contributed by atoms with Crippen molar-refractivity contribution in [3.05, 3.63) is 57.3 Å². The number of carbonyl (C=O) groups is 1. The van der Waals surface area contributed by atoms with Crippen LogP contribution < -0.4 is 5.43 Å². The fraction of sp³-hybridized carbons (Fsp3) is 0. The first-order valence-electron chi connectivity index (χ1n) is 4.99. The van der Waals surface area contributed by atoms with Gasteiger partial charge in [-0.05, 0) is 52.9 Å². The maximum atomic E-state index is 12.9. The summed E-state index contributed by atoms with van der Waals surface area (Å²) in [6, 6.07) is 8.87. The molecule has 0 aliphatic heterocycles. The molecule has 0 fully saturated rings. The summed E-state index contributed by atoms with van der Waals surface area (Å²) in [6.45, 7) is 0. The molecule has 1 aromatic carbocycles. The van der Waals surface area contributed by atoms with E-state index < -0.39 is 11.7 Å². The monoisotopic (exact) mass is 358 g/mol. The van der Waals surface area contributed by atoms with Crippen molar-refractivity contribution in [3.8, 4) is 0 Å². The van der Waals surface area contributed by atoms with Gasteiger partial charge in [0.1, 0.15) is 11.6 Å². The third-order valence-corrected chi connectivity index (χ3v) is 2.62. The van der Waals surface area contributed by atoms with Crippen molar-refractivity contribution < 1.29 is 13.6 Å². The Bertz CT molecular complexity index is 595. The highest BCUT2D eigenvalue weighted by Crippen LogP contribution is 2.07. The number of amides is 1. The van der Waals surface area contributed by atoms with Crippen molar-refractivity contribution in [3.63, 3.8) is 0 Å². The Kier molecular flexibility index (Phi) is 4.08. The lowest BCUT2D eigenvalue weighted by Crippen LogP contribution is -2.17. The maximum Gasteiger partial charge on any atom is 0.271 e. The van der Waals surface area contributed by atoms with Gasteiger partial charge in [-0.1, -0.05) is 6.07 Å². The molecular weight excluding hydrogens is 350 g/mol. The molecule has 1 N–H and O–H groups in total. The van der Waals surface area contributed by atoms with Crippen LogP contribution in [0.15, 0.2) is 45.9 Å². The number of halogens is 2.